The maximum Gasteiger partial charge on any atom is 0.302 e. The molecular formula is C17H30O4. The quantitative estimate of drug-likeness (QED) is 0.296. The average Bonchev–Trinajstić information content (AvgIpc) is 2.46. The molecule has 21 heavy (non-hydrogen) atoms. The molecule has 0 N–H and O–H groups in total. The molecule has 0 saturated heterocycles. The zero-order valence-electron chi connectivity index (χ0n) is 13.7. The molecular weight excluding hydrogens is 268 g/mol. The zero-order valence-corrected chi connectivity index (χ0v) is 13.7. The van der Waals surface area contributed by atoms with E-state index in [-0.39, 0.29) is 24.8 Å². The Morgan fingerprint density at radius 1 is 1.10 bits per heavy atom. The van der Waals surface area contributed by atoms with Gasteiger partial charge in [-0.15, -0.1) is 6.58 Å². The summed E-state index contributed by atoms with van der Waals surface area (Å²) in [5.41, 5.74) is 0. The predicted molar refractivity (Wildman–Crippen MR) is 85.3 cm³/mol. The van der Waals surface area contributed by atoms with Gasteiger partial charge in [0.15, 0.2) is 0 Å². The lowest BCUT2D eigenvalue weighted by atomic mass is 10.1. The van der Waals surface area contributed by atoms with Gasteiger partial charge in [-0.2, -0.15) is 0 Å². The first-order valence-electron chi connectivity index (χ1n) is 7.81. The van der Waals surface area contributed by atoms with Gasteiger partial charge in [0.05, 0.1) is 0 Å². The molecule has 122 valence electrons. The van der Waals surface area contributed by atoms with Crippen LogP contribution < -0.4 is 0 Å². The van der Waals surface area contributed by atoms with Crippen LogP contribution in [0.5, 0.6) is 0 Å². The number of carbonyl (C=O) groups is 1. The highest BCUT2D eigenvalue weighted by Crippen LogP contribution is 2.10. The van der Waals surface area contributed by atoms with Crippen molar-refractivity contribution in [2.24, 2.45) is 0 Å². The van der Waals surface area contributed by atoms with Crippen LogP contribution in [0.15, 0.2) is 24.8 Å². The van der Waals surface area contributed by atoms with Crippen molar-refractivity contribution in [1.29, 1.82) is 0 Å². The minimum atomic E-state index is -0.289. The normalized spacial score (nSPS) is 14.0. The van der Waals surface area contributed by atoms with E-state index in [0.717, 1.165) is 25.7 Å². The fourth-order valence-electron chi connectivity index (χ4n) is 1.64. The van der Waals surface area contributed by atoms with Gasteiger partial charge >= 0.3 is 5.97 Å². The summed E-state index contributed by atoms with van der Waals surface area (Å²) in [7, 11) is 0. The molecule has 0 heterocycles. The minimum absolute atomic E-state index is 0.179. The third kappa shape index (κ3) is 11.2. The Morgan fingerprint density at radius 2 is 1.67 bits per heavy atom. The second kappa shape index (κ2) is 13.8. The number of ether oxygens (including phenoxy) is 3. The van der Waals surface area contributed by atoms with Crippen molar-refractivity contribution in [1.82, 2.24) is 0 Å². The van der Waals surface area contributed by atoms with Gasteiger partial charge in [-0.1, -0.05) is 38.8 Å². The van der Waals surface area contributed by atoms with Crippen LogP contribution in [0.4, 0.5) is 0 Å². The van der Waals surface area contributed by atoms with E-state index in [1.54, 1.807) is 12.2 Å². The van der Waals surface area contributed by atoms with Crippen LogP contribution in [0.1, 0.15) is 46.5 Å². The van der Waals surface area contributed by atoms with Gasteiger partial charge in [0, 0.05) is 20.1 Å². The Labute approximate surface area is 129 Å². The average molecular weight is 298 g/mol. The van der Waals surface area contributed by atoms with E-state index < -0.39 is 0 Å². The predicted octanol–water partition coefficient (Wildman–Crippen LogP) is 3.66. The van der Waals surface area contributed by atoms with Crippen LogP contribution >= 0.6 is 0 Å². The Hall–Kier alpha value is -1.13. The number of hydrogen-bond donors (Lipinski definition) is 0. The van der Waals surface area contributed by atoms with Gasteiger partial charge in [-0.3, -0.25) is 4.79 Å². The molecule has 4 heteroatoms. The summed E-state index contributed by atoms with van der Waals surface area (Å²) >= 11 is 0. The third-order valence-corrected chi connectivity index (χ3v) is 2.88. The maximum atomic E-state index is 10.7. The standard InChI is InChI=1S/C17H30O4/c1-5-8-12-20-16(7-3)17(21-13-9-6-2)11-10-14-19-15(4)18/h7,10-11,16-17H,3,5-6,8-9,12-14H2,1-2,4H3/b11-10-/t16-,17+/m0/s1. The highest BCUT2D eigenvalue weighted by atomic mass is 16.5. The molecule has 0 aromatic heterocycles. The van der Waals surface area contributed by atoms with Gasteiger partial charge in [0.2, 0.25) is 0 Å². The minimum Gasteiger partial charge on any atom is -0.462 e. The van der Waals surface area contributed by atoms with E-state index in [0.29, 0.717) is 13.2 Å². The van der Waals surface area contributed by atoms with Crippen LogP contribution in [-0.2, 0) is 19.0 Å². The lowest BCUT2D eigenvalue weighted by Gasteiger charge is -2.22. The van der Waals surface area contributed by atoms with E-state index >= 15 is 0 Å². The van der Waals surface area contributed by atoms with Crippen molar-refractivity contribution in [3.8, 4) is 0 Å². The van der Waals surface area contributed by atoms with Crippen molar-refractivity contribution in [3.63, 3.8) is 0 Å². The Kier molecular flexibility index (Phi) is 13.1. The van der Waals surface area contributed by atoms with Crippen LogP contribution in [0.3, 0.4) is 0 Å². The molecule has 0 rings (SSSR count). The Balaban J connectivity index is 4.43. The number of esters is 1. The number of hydrogen-bond acceptors (Lipinski definition) is 4. The molecule has 0 aliphatic rings. The molecule has 0 amide bonds. The van der Waals surface area contributed by atoms with Crippen molar-refractivity contribution in [2.75, 3.05) is 19.8 Å². The summed E-state index contributed by atoms with van der Waals surface area (Å²) in [5, 5.41) is 0. The smallest absolute Gasteiger partial charge is 0.302 e. The fraction of sp³-hybridized carbons (Fsp3) is 0.706. The summed E-state index contributed by atoms with van der Waals surface area (Å²) in [6.45, 7) is 11.1. The largest absolute Gasteiger partial charge is 0.462 e. The molecule has 0 bridgehead atoms. The van der Waals surface area contributed by atoms with E-state index in [4.69, 9.17) is 14.2 Å². The highest BCUT2D eigenvalue weighted by Gasteiger charge is 2.17. The van der Waals surface area contributed by atoms with Gasteiger partial charge in [-0.25, -0.2) is 0 Å². The lowest BCUT2D eigenvalue weighted by Crippen LogP contribution is -2.29. The Morgan fingerprint density at radius 3 is 2.14 bits per heavy atom. The molecule has 2 atom stereocenters. The van der Waals surface area contributed by atoms with E-state index in [9.17, 15) is 4.79 Å². The van der Waals surface area contributed by atoms with Gasteiger partial charge < -0.3 is 14.2 Å². The maximum absolute atomic E-state index is 10.7. The fourth-order valence-corrected chi connectivity index (χ4v) is 1.64. The second-order valence-electron chi connectivity index (χ2n) is 4.84. The van der Waals surface area contributed by atoms with Crippen molar-refractivity contribution in [3.05, 3.63) is 24.8 Å². The topological polar surface area (TPSA) is 44.8 Å². The molecule has 0 aromatic carbocycles. The number of unbranched alkanes of at least 4 members (excludes halogenated alkanes) is 2. The number of carbonyl (C=O) groups excluding carboxylic acids is 1. The Bertz CT molecular complexity index is 299. The SMILES string of the molecule is C=C[C@H](OCCCC)[C@@H](/C=C\COC(C)=O)OCCCC. The second-order valence-corrected chi connectivity index (χ2v) is 4.84. The van der Waals surface area contributed by atoms with Crippen LogP contribution in [0.25, 0.3) is 0 Å². The van der Waals surface area contributed by atoms with E-state index in [1.807, 2.05) is 6.08 Å². The van der Waals surface area contributed by atoms with Crippen LogP contribution in [0.2, 0.25) is 0 Å². The molecule has 0 unspecified atom stereocenters. The molecule has 0 aromatic rings. The summed E-state index contributed by atoms with van der Waals surface area (Å²) in [6, 6.07) is 0. The first-order valence-corrected chi connectivity index (χ1v) is 7.81. The zero-order chi connectivity index (χ0) is 15.9. The molecule has 0 saturated carbocycles. The highest BCUT2D eigenvalue weighted by molar-refractivity contribution is 5.65. The van der Waals surface area contributed by atoms with Crippen molar-refractivity contribution in [2.45, 2.75) is 58.7 Å². The molecule has 0 aliphatic heterocycles. The van der Waals surface area contributed by atoms with E-state index in [1.165, 1.54) is 6.92 Å². The lowest BCUT2D eigenvalue weighted by molar-refractivity contribution is -0.139. The molecule has 0 spiro atoms. The van der Waals surface area contributed by atoms with Gasteiger partial charge in [-0.05, 0) is 18.9 Å². The van der Waals surface area contributed by atoms with Crippen LogP contribution in [-0.4, -0.2) is 38.0 Å². The monoisotopic (exact) mass is 298 g/mol. The van der Waals surface area contributed by atoms with Gasteiger partial charge in [0.1, 0.15) is 18.8 Å². The van der Waals surface area contributed by atoms with E-state index in [2.05, 4.69) is 20.4 Å². The first kappa shape index (κ1) is 19.9. The third-order valence-electron chi connectivity index (χ3n) is 2.88. The summed E-state index contributed by atoms with van der Waals surface area (Å²) < 4.78 is 16.5. The summed E-state index contributed by atoms with van der Waals surface area (Å²) in [5.74, 6) is -0.289. The summed E-state index contributed by atoms with van der Waals surface area (Å²) in [4.78, 5) is 10.7. The van der Waals surface area contributed by atoms with Crippen molar-refractivity contribution < 1.29 is 19.0 Å². The molecule has 4 nitrogen and oxygen atoms in total. The number of rotatable bonds is 13. The first-order chi connectivity index (χ1) is 10.2. The van der Waals surface area contributed by atoms with Gasteiger partial charge in [0.25, 0.3) is 0 Å². The molecule has 0 aliphatic carbocycles. The van der Waals surface area contributed by atoms with Crippen LogP contribution in [0, 0.1) is 0 Å². The molecule has 0 radical (unpaired) electrons. The summed E-state index contributed by atoms with van der Waals surface area (Å²) in [6.07, 6.45) is 9.27. The van der Waals surface area contributed by atoms with Crippen molar-refractivity contribution >= 4 is 5.97 Å². The molecule has 0 fully saturated rings.